The zero-order chi connectivity index (χ0) is 16.1. The monoisotopic (exact) mass is 342 g/mol. The zero-order valence-corrected chi connectivity index (χ0v) is 14.7. The zero-order valence-electron chi connectivity index (χ0n) is 13.9. The lowest BCUT2D eigenvalue weighted by Gasteiger charge is -2.31. The van der Waals surface area contributed by atoms with Crippen LogP contribution >= 0.6 is 12.4 Å². The first-order valence-electron chi connectivity index (χ1n) is 7.90. The van der Waals surface area contributed by atoms with Crippen LogP contribution in [-0.4, -0.2) is 36.8 Å². The Labute approximate surface area is 144 Å². The molecule has 1 aliphatic heterocycles. The molecule has 1 aliphatic rings. The van der Waals surface area contributed by atoms with Crippen molar-refractivity contribution in [3.8, 4) is 5.75 Å². The summed E-state index contributed by atoms with van der Waals surface area (Å²) < 4.78 is 5.62. The third-order valence-electron chi connectivity index (χ3n) is 4.02. The van der Waals surface area contributed by atoms with Gasteiger partial charge in [-0.15, -0.1) is 12.4 Å². The van der Waals surface area contributed by atoms with Gasteiger partial charge in [0.05, 0.1) is 12.2 Å². The molecule has 1 saturated heterocycles. The smallest absolute Gasteiger partial charge is 0.223 e. The molecule has 0 aromatic heterocycles. The molecule has 0 aliphatic carbocycles. The maximum Gasteiger partial charge on any atom is 0.223 e. The molecule has 0 bridgehead atoms. The average molecular weight is 343 g/mol. The second-order valence-corrected chi connectivity index (χ2v) is 6.21. The van der Waals surface area contributed by atoms with Gasteiger partial charge in [-0.2, -0.15) is 0 Å². The summed E-state index contributed by atoms with van der Waals surface area (Å²) in [6, 6.07) is 7.36. The summed E-state index contributed by atoms with van der Waals surface area (Å²) in [5.41, 5.74) is 0.747. The van der Waals surface area contributed by atoms with Crippen molar-refractivity contribution in [1.82, 2.24) is 10.6 Å². The predicted octanol–water partition coefficient (Wildman–Crippen LogP) is 1.90. The van der Waals surface area contributed by atoms with Crippen LogP contribution in [0.3, 0.4) is 0 Å². The lowest BCUT2D eigenvalue weighted by Crippen LogP contribution is -2.50. The molecule has 1 heterocycles. The van der Waals surface area contributed by atoms with E-state index in [1.807, 2.05) is 45.0 Å². The number of nitrogens with one attached hydrogen (secondary N) is 2. The van der Waals surface area contributed by atoms with Gasteiger partial charge < -0.3 is 20.5 Å². The number of ether oxygens (including phenoxy) is 1. The normalized spacial score (nSPS) is 16.9. The number of rotatable bonds is 7. The Kier molecular flexibility index (Phi) is 7.82. The van der Waals surface area contributed by atoms with Crippen LogP contribution in [0.15, 0.2) is 24.3 Å². The second-order valence-electron chi connectivity index (χ2n) is 6.21. The van der Waals surface area contributed by atoms with Crippen molar-refractivity contribution >= 4 is 18.3 Å². The van der Waals surface area contributed by atoms with E-state index < -0.39 is 6.10 Å². The number of hydrogen-bond acceptors (Lipinski definition) is 4. The topological polar surface area (TPSA) is 70.6 Å². The summed E-state index contributed by atoms with van der Waals surface area (Å²) in [6.45, 7) is 7.86. The highest BCUT2D eigenvalue weighted by atomic mass is 35.5. The van der Waals surface area contributed by atoms with Gasteiger partial charge in [-0.1, -0.05) is 19.1 Å². The van der Waals surface area contributed by atoms with Crippen molar-refractivity contribution in [3.05, 3.63) is 29.8 Å². The fraction of sp³-hybridized carbons (Fsp3) is 0.588. The molecule has 2 unspecified atom stereocenters. The molecule has 3 N–H and O–H groups in total. The van der Waals surface area contributed by atoms with Crippen LogP contribution in [0.25, 0.3) is 0 Å². The van der Waals surface area contributed by atoms with Gasteiger partial charge in [0.1, 0.15) is 5.75 Å². The summed E-state index contributed by atoms with van der Waals surface area (Å²) in [6.07, 6.45) is -0.643. The molecule has 2 rings (SSSR count). The lowest BCUT2D eigenvalue weighted by molar-refractivity contribution is -0.127. The van der Waals surface area contributed by atoms with Crippen molar-refractivity contribution in [2.75, 3.05) is 19.6 Å². The van der Waals surface area contributed by atoms with Crippen molar-refractivity contribution in [1.29, 1.82) is 0 Å². The molecule has 5 nitrogen and oxygen atoms in total. The minimum Gasteiger partial charge on any atom is -0.491 e. The van der Waals surface area contributed by atoms with Gasteiger partial charge >= 0.3 is 0 Å². The van der Waals surface area contributed by atoms with E-state index in [4.69, 9.17) is 4.74 Å². The van der Waals surface area contributed by atoms with E-state index in [0.717, 1.165) is 24.4 Å². The van der Waals surface area contributed by atoms with E-state index in [9.17, 15) is 9.90 Å². The maximum absolute atomic E-state index is 12.1. The van der Waals surface area contributed by atoms with Crippen LogP contribution < -0.4 is 15.4 Å². The molecule has 1 aromatic carbocycles. The number of benzene rings is 1. The van der Waals surface area contributed by atoms with Crippen molar-refractivity contribution in [2.24, 2.45) is 11.8 Å². The van der Waals surface area contributed by atoms with E-state index in [-0.39, 0.29) is 36.9 Å². The van der Waals surface area contributed by atoms with Gasteiger partial charge in [-0.3, -0.25) is 4.79 Å². The highest BCUT2D eigenvalue weighted by Crippen LogP contribution is 2.20. The number of hydrogen-bond donors (Lipinski definition) is 3. The second kappa shape index (κ2) is 9.11. The third-order valence-corrected chi connectivity index (χ3v) is 4.02. The van der Waals surface area contributed by atoms with Gasteiger partial charge in [-0.25, -0.2) is 0 Å². The van der Waals surface area contributed by atoms with Crippen LogP contribution in [0.2, 0.25) is 0 Å². The Morgan fingerprint density at radius 2 is 2.09 bits per heavy atom. The fourth-order valence-corrected chi connectivity index (χ4v) is 2.42. The fourth-order valence-electron chi connectivity index (χ4n) is 2.42. The molecule has 0 radical (unpaired) electrons. The largest absolute Gasteiger partial charge is 0.491 e. The minimum atomic E-state index is -0.730. The Morgan fingerprint density at radius 1 is 1.39 bits per heavy atom. The molecule has 0 spiro atoms. The van der Waals surface area contributed by atoms with Crippen LogP contribution in [-0.2, 0) is 4.79 Å². The summed E-state index contributed by atoms with van der Waals surface area (Å²) in [7, 11) is 0. The lowest BCUT2D eigenvalue weighted by atomic mass is 9.88. The van der Waals surface area contributed by atoms with Crippen LogP contribution in [0, 0.1) is 11.8 Å². The Morgan fingerprint density at radius 3 is 2.65 bits per heavy atom. The van der Waals surface area contributed by atoms with E-state index in [2.05, 4.69) is 10.6 Å². The van der Waals surface area contributed by atoms with E-state index in [1.54, 1.807) is 0 Å². The third kappa shape index (κ3) is 5.68. The van der Waals surface area contributed by atoms with Crippen molar-refractivity contribution < 1.29 is 14.6 Å². The van der Waals surface area contributed by atoms with Gasteiger partial charge in [0.15, 0.2) is 0 Å². The Hall–Kier alpha value is -1.30. The van der Waals surface area contributed by atoms with Gasteiger partial charge in [0.2, 0.25) is 5.91 Å². The van der Waals surface area contributed by atoms with Gasteiger partial charge in [0.25, 0.3) is 0 Å². The molecule has 6 heteroatoms. The predicted molar refractivity (Wildman–Crippen MR) is 92.9 cm³/mol. The molecule has 2 atom stereocenters. The number of halogens is 1. The molecule has 130 valence electrons. The first-order chi connectivity index (χ1) is 10.5. The average Bonchev–Trinajstić information content (AvgIpc) is 2.42. The summed E-state index contributed by atoms with van der Waals surface area (Å²) >= 11 is 0. The highest BCUT2D eigenvalue weighted by Gasteiger charge is 2.28. The molecule has 1 aromatic rings. The minimum absolute atomic E-state index is 0. The maximum atomic E-state index is 12.1. The molecular weight excluding hydrogens is 316 g/mol. The van der Waals surface area contributed by atoms with Crippen molar-refractivity contribution in [2.45, 2.75) is 33.0 Å². The van der Waals surface area contributed by atoms with Gasteiger partial charge in [0, 0.05) is 12.5 Å². The quantitative estimate of drug-likeness (QED) is 0.708. The first-order valence-corrected chi connectivity index (χ1v) is 7.90. The SMILES string of the molecule is CC(C)Oc1cccc(C(O)CNC(=O)C(C)C2CNC2)c1.Cl. The molecule has 1 fully saturated rings. The Balaban J connectivity index is 0.00000264. The number of carbonyl (C=O) groups is 1. The molecule has 23 heavy (non-hydrogen) atoms. The molecule has 1 amide bonds. The van der Waals surface area contributed by atoms with Crippen LogP contribution in [0.5, 0.6) is 5.75 Å². The Bertz CT molecular complexity index is 506. The van der Waals surface area contributed by atoms with Crippen molar-refractivity contribution in [3.63, 3.8) is 0 Å². The van der Waals surface area contributed by atoms with E-state index >= 15 is 0 Å². The summed E-state index contributed by atoms with van der Waals surface area (Å²) in [5.74, 6) is 1.11. The van der Waals surface area contributed by atoms with Gasteiger partial charge in [-0.05, 0) is 50.6 Å². The van der Waals surface area contributed by atoms with E-state index in [1.165, 1.54) is 0 Å². The summed E-state index contributed by atoms with van der Waals surface area (Å²) in [5, 5.41) is 16.2. The van der Waals surface area contributed by atoms with Crippen LogP contribution in [0.1, 0.15) is 32.4 Å². The first kappa shape index (κ1) is 19.7. The number of amides is 1. The summed E-state index contributed by atoms with van der Waals surface area (Å²) in [4.78, 5) is 12.1. The highest BCUT2D eigenvalue weighted by molar-refractivity contribution is 5.85. The number of aliphatic hydroxyl groups is 1. The standard InChI is InChI=1S/C17H26N2O3.ClH/c1-11(2)22-15-6-4-5-13(7-15)16(20)10-19-17(21)12(3)14-8-18-9-14;/h4-7,11-12,14,16,18,20H,8-10H2,1-3H3,(H,19,21);1H. The van der Waals surface area contributed by atoms with Crippen LogP contribution in [0.4, 0.5) is 0 Å². The molecule has 0 saturated carbocycles. The number of carbonyl (C=O) groups excluding carboxylic acids is 1. The number of aliphatic hydroxyl groups excluding tert-OH is 1. The van der Waals surface area contributed by atoms with E-state index in [0.29, 0.717) is 5.92 Å². The molecular formula is C17H27ClN2O3.